The van der Waals surface area contributed by atoms with Crippen LogP contribution in [0.1, 0.15) is 5.69 Å². The molecule has 0 unspecified atom stereocenters. The number of rotatable bonds is 2. The van der Waals surface area contributed by atoms with Crippen molar-refractivity contribution in [1.82, 2.24) is 4.98 Å². The SMILES string of the molecule is Cc1nc(Nc2c(Cl)cc(Cl)c3c2N=S=N3)ccc1N. The van der Waals surface area contributed by atoms with Crippen molar-refractivity contribution in [3.8, 4) is 0 Å². The van der Waals surface area contributed by atoms with Crippen LogP contribution in [0.3, 0.4) is 0 Å². The van der Waals surface area contributed by atoms with Crippen molar-refractivity contribution < 1.29 is 0 Å². The van der Waals surface area contributed by atoms with Gasteiger partial charge in [0.15, 0.2) is 0 Å². The molecule has 2 heterocycles. The lowest BCUT2D eigenvalue weighted by atomic mass is 10.2. The van der Waals surface area contributed by atoms with Crippen LogP contribution in [-0.2, 0) is 11.4 Å². The van der Waals surface area contributed by atoms with Crippen LogP contribution in [0.15, 0.2) is 26.9 Å². The van der Waals surface area contributed by atoms with Crippen LogP contribution in [0, 0.1) is 6.92 Å². The Morgan fingerprint density at radius 1 is 1.15 bits per heavy atom. The van der Waals surface area contributed by atoms with Crippen LogP contribution in [-0.4, -0.2) is 4.98 Å². The second-order valence-corrected chi connectivity index (χ2v) is 5.52. The Balaban J connectivity index is 2.06. The van der Waals surface area contributed by atoms with Gasteiger partial charge in [0.25, 0.3) is 0 Å². The minimum absolute atomic E-state index is 0.464. The maximum Gasteiger partial charge on any atom is 0.131 e. The molecule has 1 aromatic carbocycles. The highest BCUT2D eigenvalue weighted by Crippen LogP contribution is 2.48. The molecule has 3 N–H and O–H groups in total. The first-order valence-corrected chi connectivity index (χ1v) is 7.15. The zero-order valence-electron chi connectivity index (χ0n) is 10.3. The molecule has 0 amide bonds. The van der Waals surface area contributed by atoms with Gasteiger partial charge in [-0.05, 0) is 25.1 Å². The quantitative estimate of drug-likeness (QED) is 0.713. The molecule has 0 radical (unpaired) electrons. The average molecular weight is 326 g/mol. The van der Waals surface area contributed by atoms with Crippen molar-refractivity contribution in [3.63, 3.8) is 0 Å². The molecule has 0 aliphatic carbocycles. The van der Waals surface area contributed by atoms with E-state index in [-0.39, 0.29) is 0 Å². The Bertz CT molecular complexity index is 784. The van der Waals surface area contributed by atoms with E-state index in [1.807, 2.05) is 6.92 Å². The van der Waals surface area contributed by atoms with Gasteiger partial charge in [0.2, 0.25) is 0 Å². The van der Waals surface area contributed by atoms with Gasteiger partial charge >= 0.3 is 0 Å². The predicted molar refractivity (Wildman–Crippen MR) is 84.7 cm³/mol. The number of hydrogen-bond acceptors (Lipinski definition) is 5. The van der Waals surface area contributed by atoms with E-state index >= 15 is 0 Å². The third-order valence-corrected chi connectivity index (χ3v) is 3.94. The molecule has 0 bridgehead atoms. The third kappa shape index (κ3) is 2.26. The fourth-order valence-electron chi connectivity index (χ4n) is 1.76. The fraction of sp³-hybridized carbons (Fsp3) is 0.0833. The normalized spacial score (nSPS) is 12.2. The zero-order chi connectivity index (χ0) is 14.3. The summed E-state index contributed by atoms with van der Waals surface area (Å²) in [7, 11) is 0. The van der Waals surface area contributed by atoms with Crippen molar-refractivity contribution in [1.29, 1.82) is 0 Å². The number of nitrogen functional groups attached to an aromatic ring is 1. The summed E-state index contributed by atoms with van der Waals surface area (Å²) in [6.07, 6.45) is 0. The van der Waals surface area contributed by atoms with E-state index in [2.05, 4.69) is 19.0 Å². The highest BCUT2D eigenvalue weighted by molar-refractivity contribution is 7.58. The number of nitrogens with zero attached hydrogens (tertiary/aromatic N) is 3. The summed E-state index contributed by atoms with van der Waals surface area (Å²) < 4.78 is 8.38. The summed E-state index contributed by atoms with van der Waals surface area (Å²) in [4.78, 5) is 4.35. The lowest BCUT2D eigenvalue weighted by Gasteiger charge is -2.12. The molecule has 0 saturated heterocycles. The van der Waals surface area contributed by atoms with Gasteiger partial charge in [-0.3, -0.25) is 0 Å². The Hall–Kier alpha value is -1.63. The van der Waals surface area contributed by atoms with Crippen molar-refractivity contribution in [2.45, 2.75) is 6.92 Å². The van der Waals surface area contributed by atoms with Gasteiger partial charge in [-0.25, -0.2) is 4.98 Å². The smallest absolute Gasteiger partial charge is 0.131 e. The molecule has 3 rings (SSSR count). The van der Waals surface area contributed by atoms with Crippen LogP contribution in [0.25, 0.3) is 0 Å². The lowest BCUT2D eigenvalue weighted by molar-refractivity contribution is 1.20. The standard InChI is InChI=1S/C12H9Cl2N5S/c1-5-8(15)2-3-9(16-5)17-10-6(13)4-7(14)11-12(10)19-20-18-11/h2-4H,15H2,1H3,(H,16,17). The molecular formula is C12H9Cl2N5S. The number of hydrogen-bond donors (Lipinski definition) is 2. The first-order chi connectivity index (χ1) is 9.56. The van der Waals surface area contributed by atoms with Gasteiger partial charge in [-0.1, -0.05) is 23.2 Å². The number of benzene rings is 1. The number of aryl methyl sites for hydroxylation is 1. The summed E-state index contributed by atoms with van der Waals surface area (Å²) in [5.41, 5.74) is 9.02. The Morgan fingerprint density at radius 3 is 2.65 bits per heavy atom. The monoisotopic (exact) mass is 325 g/mol. The summed E-state index contributed by atoms with van der Waals surface area (Å²) in [6.45, 7) is 1.84. The highest BCUT2D eigenvalue weighted by atomic mass is 35.5. The largest absolute Gasteiger partial charge is 0.397 e. The molecule has 5 nitrogen and oxygen atoms in total. The number of fused-ring (bicyclic) bond motifs is 1. The molecule has 0 spiro atoms. The first-order valence-electron chi connectivity index (χ1n) is 5.66. The van der Waals surface area contributed by atoms with E-state index in [0.717, 1.165) is 17.0 Å². The van der Waals surface area contributed by atoms with Gasteiger partial charge in [-0.15, -0.1) is 0 Å². The third-order valence-electron chi connectivity index (χ3n) is 2.82. The molecule has 0 saturated carbocycles. The van der Waals surface area contributed by atoms with Crippen LogP contribution in [0.5, 0.6) is 0 Å². The van der Waals surface area contributed by atoms with Crippen LogP contribution >= 0.6 is 23.2 Å². The van der Waals surface area contributed by atoms with E-state index in [0.29, 0.717) is 38.6 Å². The van der Waals surface area contributed by atoms with Gasteiger partial charge in [-0.2, -0.15) is 8.73 Å². The molecule has 1 aromatic heterocycles. The van der Waals surface area contributed by atoms with E-state index in [9.17, 15) is 0 Å². The molecular weight excluding hydrogens is 317 g/mol. The number of pyridine rings is 1. The molecule has 0 fully saturated rings. The molecule has 8 heteroatoms. The van der Waals surface area contributed by atoms with Crippen LogP contribution in [0.2, 0.25) is 10.0 Å². The molecule has 1 aliphatic rings. The molecule has 1 aliphatic heterocycles. The Morgan fingerprint density at radius 2 is 1.90 bits per heavy atom. The second kappa shape index (κ2) is 5.05. The van der Waals surface area contributed by atoms with Crippen molar-refractivity contribution >= 4 is 63.1 Å². The topological polar surface area (TPSA) is 75.7 Å². The lowest BCUT2D eigenvalue weighted by Crippen LogP contribution is -1.99. The minimum Gasteiger partial charge on any atom is -0.397 e. The van der Waals surface area contributed by atoms with E-state index in [1.54, 1.807) is 18.2 Å². The maximum absolute atomic E-state index is 6.22. The number of nitrogens with one attached hydrogen (secondary N) is 1. The fourth-order valence-corrected chi connectivity index (χ4v) is 2.92. The van der Waals surface area contributed by atoms with Gasteiger partial charge in [0.05, 0.1) is 38.5 Å². The summed E-state index contributed by atoms with van der Waals surface area (Å²) in [5, 5.41) is 4.09. The number of nitrogens with two attached hydrogens (primary N) is 1. The summed E-state index contributed by atoms with van der Waals surface area (Å²) >= 11 is 13.4. The molecule has 2 aromatic rings. The molecule has 20 heavy (non-hydrogen) atoms. The summed E-state index contributed by atoms with van der Waals surface area (Å²) in [6, 6.07) is 5.20. The van der Waals surface area contributed by atoms with Crippen molar-refractivity contribution in [2.75, 3.05) is 11.1 Å². The Labute approximate surface area is 129 Å². The van der Waals surface area contributed by atoms with Crippen molar-refractivity contribution in [2.24, 2.45) is 8.73 Å². The Kier molecular flexibility index (Phi) is 3.37. The van der Waals surface area contributed by atoms with E-state index < -0.39 is 0 Å². The maximum atomic E-state index is 6.22. The number of halogens is 2. The van der Waals surface area contributed by atoms with Crippen molar-refractivity contribution in [3.05, 3.63) is 33.9 Å². The summed E-state index contributed by atoms with van der Waals surface area (Å²) in [5.74, 6) is 0.634. The highest BCUT2D eigenvalue weighted by Gasteiger charge is 2.19. The zero-order valence-corrected chi connectivity index (χ0v) is 12.6. The van der Waals surface area contributed by atoms with Gasteiger partial charge < -0.3 is 11.1 Å². The molecule has 0 atom stereocenters. The number of aromatic nitrogens is 1. The molecule has 102 valence electrons. The second-order valence-electron chi connectivity index (χ2n) is 4.17. The average Bonchev–Trinajstić information content (AvgIpc) is 2.88. The van der Waals surface area contributed by atoms with E-state index in [4.69, 9.17) is 28.9 Å². The van der Waals surface area contributed by atoms with Gasteiger partial charge in [0, 0.05) is 0 Å². The van der Waals surface area contributed by atoms with Crippen LogP contribution < -0.4 is 11.1 Å². The van der Waals surface area contributed by atoms with E-state index in [1.165, 1.54) is 0 Å². The number of anilines is 3. The van der Waals surface area contributed by atoms with Crippen LogP contribution in [0.4, 0.5) is 28.6 Å². The minimum atomic E-state index is 0.464. The van der Waals surface area contributed by atoms with Gasteiger partial charge in [0.1, 0.15) is 17.2 Å². The first kappa shape index (κ1) is 13.4. The predicted octanol–water partition coefficient (Wildman–Crippen LogP) is 4.75.